The zero-order valence-corrected chi connectivity index (χ0v) is 13.2. The summed E-state index contributed by atoms with van der Waals surface area (Å²) >= 11 is 1.47. The zero-order valence-electron chi connectivity index (χ0n) is 12.4. The molecule has 1 aromatic heterocycles. The van der Waals surface area contributed by atoms with E-state index in [0.29, 0.717) is 16.6 Å². The summed E-state index contributed by atoms with van der Waals surface area (Å²) in [5, 5.41) is 9.75. The largest absolute Gasteiger partial charge is 0.497 e. The first-order valence-electron chi connectivity index (χ1n) is 6.64. The standard InChI is InChI=1S/C15H16N4O2S/c1-3-22-15-18-13(12(8-16)14(17)19-15)9-21-11-6-4-10(20-2)5-7-11/h4-7H,3,9H2,1-2H3,(H2,17,18,19). The highest BCUT2D eigenvalue weighted by Gasteiger charge is 2.13. The molecule has 2 rings (SSSR count). The van der Waals surface area contributed by atoms with Gasteiger partial charge in [-0.2, -0.15) is 5.26 Å². The summed E-state index contributed by atoms with van der Waals surface area (Å²) in [6, 6.07) is 9.20. The molecule has 0 fully saturated rings. The van der Waals surface area contributed by atoms with E-state index >= 15 is 0 Å². The van der Waals surface area contributed by atoms with Crippen LogP contribution in [0.25, 0.3) is 0 Å². The van der Waals surface area contributed by atoms with E-state index in [-0.39, 0.29) is 18.0 Å². The van der Waals surface area contributed by atoms with Gasteiger partial charge in [-0.3, -0.25) is 0 Å². The third kappa shape index (κ3) is 3.80. The number of hydrogen-bond acceptors (Lipinski definition) is 7. The van der Waals surface area contributed by atoms with E-state index in [2.05, 4.69) is 9.97 Å². The minimum absolute atomic E-state index is 0.152. The lowest BCUT2D eigenvalue weighted by molar-refractivity contribution is 0.299. The van der Waals surface area contributed by atoms with Crippen LogP contribution in [0.2, 0.25) is 0 Å². The maximum absolute atomic E-state index is 9.20. The molecule has 22 heavy (non-hydrogen) atoms. The van der Waals surface area contributed by atoms with Crippen molar-refractivity contribution in [3.8, 4) is 17.6 Å². The van der Waals surface area contributed by atoms with Crippen molar-refractivity contribution in [2.45, 2.75) is 18.7 Å². The van der Waals surface area contributed by atoms with E-state index in [4.69, 9.17) is 15.2 Å². The number of anilines is 1. The third-order valence-corrected chi connectivity index (χ3v) is 3.54. The minimum Gasteiger partial charge on any atom is -0.497 e. The summed E-state index contributed by atoms with van der Waals surface area (Å²) in [5.41, 5.74) is 6.56. The van der Waals surface area contributed by atoms with Crippen molar-refractivity contribution < 1.29 is 9.47 Å². The average molecular weight is 316 g/mol. The lowest BCUT2D eigenvalue weighted by Gasteiger charge is -2.10. The number of nitrogen functional groups attached to an aromatic ring is 1. The summed E-state index contributed by atoms with van der Waals surface area (Å²) in [6.45, 7) is 2.15. The number of nitrogens with two attached hydrogens (primary N) is 1. The van der Waals surface area contributed by atoms with Crippen LogP contribution in [0, 0.1) is 11.3 Å². The van der Waals surface area contributed by atoms with E-state index in [9.17, 15) is 5.26 Å². The van der Waals surface area contributed by atoms with Crippen molar-refractivity contribution in [3.63, 3.8) is 0 Å². The minimum atomic E-state index is 0.152. The number of rotatable bonds is 6. The van der Waals surface area contributed by atoms with E-state index in [0.717, 1.165) is 11.5 Å². The second-order valence-corrected chi connectivity index (χ2v) is 5.45. The Morgan fingerprint density at radius 3 is 2.50 bits per heavy atom. The van der Waals surface area contributed by atoms with E-state index in [1.807, 2.05) is 13.0 Å². The Morgan fingerprint density at radius 1 is 1.23 bits per heavy atom. The molecular formula is C15H16N4O2S. The van der Waals surface area contributed by atoms with Crippen LogP contribution in [-0.4, -0.2) is 22.8 Å². The van der Waals surface area contributed by atoms with Gasteiger partial charge in [-0.15, -0.1) is 0 Å². The molecule has 2 aromatic rings. The molecule has 0 amide bonds. The first kappa shape index (κ1) is 15.9. The fourth-order valence-corrected chi connectivity index (χ4v) is 2.34. The number of nitriles is 1. The van der Waals surface area contributed by atoms with Crippen molar-refractivity contribution in [1.82, 2.24) is 9.97 Å². The molecular weight excluding hydrogens is 300 g/mol. The third-order valence-electron chi connectivity index (χ3n) is 2.81. The first-order chi connectivity index (χ1) is 10.7. The normalized spacial score (nSPS) is 10.0. The van der Waals surface area contributed by atoms with Crippen molar-refractivity contribution in [2.75, 3.05) is 18.6 Å². The van der Waals surface area contributed by atoms with Gasteiger partial charge in [-0.25, -0.2) is 9.97 Å². The highest BCUT2D eigenvalue weighted by Crippen LogP contribution is 2.22. The van der Waals surface area contributed by atoms with E-state index in [1.54, 1.807) is 31.4 Å². The van der Waals surface area contributed by atoms with Crippen LogP contribution in [0.4, 0.5) is 5.82 Å². The van der Waals surface area contributed by atoms with Gasteiger partial charge in [0.05, 0.1) is 7.11 Å². The molecule has 0 saturated carbocycles. The summed E-state index contributed by atoms with van der Waals surface area (Å²) in [4.78, 5) is 8.45. The summed E-state index contributed by atoms with van der Waals surface area (Å²) in [6.07, 6.45) is 0. The molecule has 0 radical (unpaired) electrons. The van der Waals surface area contributed by atoms with Crippen LogP contribution in [0.5, 0.6) is 11.5 Å². The Labute approximate surface area is 133 Å². The van der Waals surface area contributed by atoms with Crippen LogP contribution < -0.4 is 15.2 Å². The monoisotopic (exact) mass is 316 g/mol. The molecule has 7 heteroatoms. The maximum atomic E-state index is 9.20. The molecule has 0 unspecified atom stereocenters. The molecule has 0 aliphatic rings. The number of ether oxygens (including phenoxy) is 2. The average Bonchev–Trinajstić information content (AvgIpc) is 2.53. The maximum Gasteiger partial charge on any atom is 0.189 e. The molecule has 0 bridgehead atoms. The van der Waals surface area contributed by atoms with Crippen molar-refractivity contribution >= 4 is 17.6 Å². The Kier molecular flexibility index (Phi) is 5.44. The van der Waals surface area contributed by atoms with Gasteiger partial charge in [0.15, 0.2) is 5.16 Å². The van der Waals surface area contributed by atoms with Crippen LogP contribution in [0.15, 0.2) is 29.4 Å². The Balaban J connectivity index is 2.18. The molecule has 1 heterocycles. The smallest absolute Gasteiger partial charge is 0.189 e. The Bertz CT molecular complexity index is 683. The Hall–Kier alpha value is -2.46. The van der Waals surface area contributed by atoms with Gasteiger partial charge in [0.25, 0.3) is 0 Å². The van der Waals surface area contributed by atoms with Gasteiger partial charge in [-0.05, 0) is 30.0 Å². The first-order valence-corrected chi connectivity index (χ1v) is 7.62. The predicted molar refractivity (Wildman–Crippen MR) is 84.9 cm³/mol. The number of thioether (sulfide) groups is 1. The van der Waals surface area contributed by atoms with Gasteiger partial charge in [0.2, 0.25) is 0 Å². The van der Waals surface area contributed by atoms with Crippen molar-refractivity contribution in [1.29, 1.82) is 5.26 Å². The van der Waals surface area contributed by atoms with E-state index < -0.39 is 0 Å². The summed E-state index contributed by atoms with van der Waals surface area (Å²) in [5.74, 6) is 2.41. The molecule has 0 aliphatic carbocycles. The van der Waals surface area contributed by atoms with Gasteiger partial charge in [-0.1, -0.05) is 18.7 Å². The van der Waals surface area contributed by atoms with Crippen LogP contribution in [0.3, 0.4) is 0 Å². The van der Waals surface area contributed by atoms with Crippen LogP contribution in [0.1, 0.15) is 18.2 Å². The molecule has 0 saturated heterocycles. The number of hydrogen-bond donors (Lipinski definition) is 1. The zero-order chi connectivity index (χ0) is 15.9. The predicted octanol–water partition coefficient (Wildman–Crippen LogP) is 2.63. The fraction of sp³-hybridized carbons (Fsp3) is 0.267. The molecule has 0 aliphatic heterocycles. The SMILES string of the molecule is CCSc1nc(N)c(C#N)c(COc2ccc(OC)cc2)n1. The van der Waals surface area contributed by atoms with Crippen molar-refractivity contribution in [2.24, 2.45) is 0 Å². The van der Waals surface area contributed by atoms with Crippen LogP contribution in [-0.2, 0) is 6.61 Å². The van der Waals surface area contributed by atoms with Gasteiger partial charge < -0.3 is 15.2 Å². The summed E-state index contributed by atoms with van der Waals surface area (Å²) in [7, 11) is 1.60. The summed E-state index contributed by atoms with van der Waals surface area (Å²) < 4.78 is 10.7. The molecule has 6 nitrogen and oxygen atoms in total. The topological polar surface area (TPSA) is 94.0 Å². The number of nitrogens with zero attached hydrogens (tertiary/aromatic N) is 3. The molecule has 114 valence electrons. The number of benzene rings is 1. The van der Waals surface area contributed by atoms with Crippen molar-refractivity contribution in [3.05, 3.63) is 35.5 Å². The van der Waals surface area contributed by atoms with Gasteiger partial charge >= 0.3 is 0 Å². The second kappa shape index (κ2) is 7.52. The molecule has 2 N–H and O–H groups in total. The molecule has 0 spiro atoms. The molecule has 0 atom stereocenters. The van der Waals surface area contributed by atoms with E-state index in [1.165, 1.54) is 11.8 Å². The fourth-order valence-electron chi connectivity index (χ4n) is 1.75. The number of aromatic nitrogens is 2. The second-order valence-electron chi connectivity index (χ2n) is 4.22. The quantitative estimate of drug-likeness (QED) is 0.646. The Morgan fingerprint density at radius 2 is 1.91 bits per heavy atom. The van der Waals surface area contributed by atoms with Gasteiger partial charge in [0.1, 0.15) is 41.3 Å². The molecule has 1 aromatic carbocycles. The lowest BCUT2D eigenvalue weighted by Crippen LogP contribution is -2.08. The van der Waals surface area contributed by atoms with Crippen LogP contribution >= 0.6 is 11.8 Å². The highest BCUT2D eigenvalue weighted by molar-refractivity contribution is 7.99. The highest BCUT2D eigenvalue weighted by atomic mass is 32.2. The number of methoxy groups -OCH3 is 1. The van der Waals surface area contributed by atoms with Gasteiger partial charge in [0, 0.05) is 0 Å². The lowest BCUT2D eigenvalue weighted by atomic mass is 10.2.